The number of thiophene rings is 1. The van der Waals surface area contributed by atoms with Gasteiger partial charge < -0.3 is 9.47 Å². The molecule has 0 atom stereocenters. The van der Waals surface area contributed by atoms with Crippen LogP contribution in [0.4, 0.5) is 0 Å². The molecular formula is C11H11NO2S. The normalized spacial score (nSPS) is 17.3. The molecule has 0 saturated carbocycles. The first kappa shape index (κ1) is 10.4. The minimum Gasteiger partial charge on any atom is -0.345 e. The summed E-state index contributed by atoms with van der Waals surface area (Å²) in [5, 5.41) is 10.4. The minimum absolute atomic E-state index is 0.187. The summed E-state index contributed by atoms with van der Waals surface area (Å²) in [6.45, 7) is 1.34. The molecule has 78 valence electrons. The van der Waals surface area contributed by atoms with Gasteiger partial charge in [0.1, 0.15) is 0 Å². The van der Waals surface area contributed by atoms with Crippen molar-refractivity contribution >= 4 is 17.4 Å². The number of nitrogens with zero attached hydrogens (tertiary/aromatic N) is 1. The third-order valence-corrected chi connectivity index (χ3v) is 2.99. The molecule has 0 radical (unpaired) electrons. The van der Waals surface area contributed by atoms with Crippen molar-refractivity contribution < 1.29 is 9.47 Å². The highest BCUT2D eigenvalue weighted by molar-refractivity contribution is 7.10. The number of rotatable bonds is 3. The van der Waals surface area contributed by atoms with Gasteiger partial charge in [-0.2, -0.15) is 5.26 Å². The van der Waals surface area contributed by atoms with Gasteiger partial charge in [0.05, 0.1) is 30.6 Å². The van der Waals surface area contributed by atoms with Crippen LogP contribution in [0.5, 0.6) is 0 Å². The molecule has 0 bridgehead atoms. The standard InChI is InChI=1S/C11H11NO2S/c12-4-2-1-3-9-7-10(15-8-9)11-13-5-6-14-11/h1,3,7-8,11H,2,5-6H2. The Bertz CT molecular complexity index is 386. The van der Waals surface area contributed by atoms with E-state index in [1.165, 1.54) is 0 Å². The van der Waals surface area contributed by atoms with Gasteiger partial charge in [-0.3, -0.25) is 0 Å². The largest absolute Gasteiger partial charge is 0.345 e. The van der Waals surface area contributed by atoms with Gasteiger partial charge in [0.15, 0.2) is 6.29 Å². The first-order valence-corrected chi connectivity index (χ1v) is 5.63. The fraction of sp³-hybridized carbons (Fsp3) is 0.364. The lowest BCUT2D eigenvalue weighted by Gasteiger charge is -2.04. The van der Waals surface area contributed by atoms with E-state index in [-0.39, 0.29) is 6.29 Å². The van der Waals surface area contributed by atoms with Crippen molar-refractivity contribution in [1.29, 1.82) is 5.26 Å². The molecule has 0 aliphatic carbocycles. The van der Waals surface area contributed by atoms with E-state index in [1.54, 1.807) is 11.3 Å². The molecule has 0 N–H and O–H groups in total. The predicted octanol–water partition coefficient (Wildman–Crippen LogP) is 2.72. The van der Waals surface area contributed by atoms with Crippen LogP contribution < -0.4 is 0 Å². The van der Waals surface area contributed by atoms with Gasteiger partial charge in [0.25, 0.3) is 0 Å². The second-order valence-corrected chi connectivity index (χ2v) is 4.06. The van der Waals surface area contributed by atoms with Crippen LogP contribution in [-0.4, -0.2) is 13.2 Å². The van der Waals surface area contributed by atoms with Crippen LogP contribution in [-0.2, 0) is 9.47 Å². The summed E-state index contributed by atoms with van der Waals surface area (Å²) in [5.41, 5.74) is 1.10. The second kappa shape index (κ2) is 5.08. The van der Waals surface area contributed by atoms with Crippen molar-refractivity contribution in [1.82, 2.24) is 0 Å². The molecule has 0 amide bonds. The summed E-state index contributed by atoms with van der Waals surface area (Å²) in [5.74, 6) is 0. The Morgan fingerprint density at radius 3 is 3.07 bits per heavy atom. The molecule has 1 aliphatic heterocycles. The summed E-state index contributed by atoms with van der Waals surface area (Å²) >= 11 is 1.62. The maximum Gasteiger partial charge on any atom is 0.193 e. The van der Waals surface area contributed by atoms with Crippen molar-refractivity contribution in [3.8, 4) is 6.07 Å². The Morgan fingerprint density at radius 2 is 2.33 bits per heavy atom. The molecule has 0 spiro atoms. The Morgan fingerprint density at radius 1 is 1.53 bits per heavy atom. The van der Waals surface area contributed by atoms with Crippen LogP contribution in [0.2, 0.25) is 0 Å². The molecule has 1 fully saturated rings. The number of hydrogen-bond acceptors (Lipinski definition) is 4. The third kappa shape index (κ3) is 2.66. The summed E-state index contributed by atoms with van der Waals surface area (Å²) in [6, 6.07) is 4.10. The summed E-state index contributed by atoms with van der Waals surface area (Å²) in [6.07, 6.45) is 4.05. The molecule has 1 aliphatic rings. The first-order valence-electron chi connectivity index (χ1n) is 4.75. The molecule has 0 unspecified atom stereocenters. The summed E-state index contributed by atoms with van der Waals surface area (Å²) in [4.78, 5) is 1.09. The highest BCUT2D eigenvalue weighted by atomic mass is 32.1. The topological polar surface area (TPSA) is 42.2 Å². The van der Waals surface area contributed by atoms with E-state index in [0.29, 0.717) is 19.6 Å². The van der Waals surface area contributed by atoms with E-state index in [0.717, 1.165) is 10.4 Å². The van der Waals surface area contributed by atoms with Gasteiger partial charge in [0, 0.05) is 0 Å². The maximum atomic E-state index is 8.38. The van der Waals surface area contributed by atoms with Crippen LogP contribution in [0.1, 0.15) is 23.2 Å². The molecule has 0 aromatic carbocycles. The van der Waals surface area contributed by atoms with Crippen molar-refractivity contribution in [2.45, 2.75) is 12.7 Å². The summed E-state index contributed by atoms with van der Waals surface area (Å²) < 4.78 is 10.8. The average Bonchev–Trinajstić information content (AvgIpc) is 2.87. The molecule has 2 heterocycles. The Balaban J connectivity index is 2.00. The van der Waals surface area contributed by atoms with Crippen molar-refractivity contribution in [3.05, 3.63) is 28.0 Å². The first-order chi connectivity index (χ1) is 7.40. The molecule has 15 heavy (non-hydrogen) atoms. The van der Waals surface area contributed by atoms with Crippen molar-refractivity contribution in [2.24, 2.45) is 0 Å². The van der Waals surface area contributed by atoms with E-state index in [2.05, 4.69) is 6.07 Å². The van der Waals surface area contributed by atoms with Crippen LogP contribution >= 0.6 is 11.3 Å². The number of nitriles is 1. The molecule has 1 aromatic heterocycles. The van der Waals surface area contributed by atoms with Crippen molar-refractivity contribution in [2.75, 3.05) is 13.2 Å². The smallest absolute Gasteiger partial charge is 0.193 e. The molecule has 3 nitrogen and oxygen atoms in total. The zero-order valence-corrected chi connectivity index (χ0v) is 9.00. The van der Waals surface area contributed by atoms with Crippen molar-refractivity contribution in [3.63, 3.8) is 0 Å². The van der Waals surface area contributed by atoms with Crippen LogP contribution in [0, 0.1) is 11.3 Å². The Labute approximate surface area is 92.6 Å². The fourth-order valence-corrected chi connectivity index (χ4v) is 2.22. The molecular weight excluding hydrogens is 210 g/mol. The van der Waals surface area contributed by atoms with E-state index in [1.807, 2.05) is 23.6 Å². The predicted molar refractivity (Wildman–Crippen MR) is 58.2 cm³/mol. The molecule has 1 saturated heterocycles. The quantitative estimate of drug-likeness (QED) is 0.788. The van der Waals surface area contributed by atoms with E-state index >= 15 is 0 Å². The van der Waals surface area contributed by atoms with E-state index in [4.69, 9.17) is 14.7 Å². The number of ether oxygens (including phenoxy) is 2. The van der Waals surface area contributed by atoms with Crippen LogP contribution in [0.15, 0.2) is 17.5 Å². The molecule has 1 aromatic rings. The number of hydrogen-bond donors (Lipinski definition) is 0. The Hall–Kier alpha value is -1.15. The van der Waals surface area contributed by atoms with Gasteiger partial charge in [-0.15, -0.1) is 11.3 Å². The highest BCUT2D eigenvalue weighted by Gasteiger charge is 2.19. The number of allylic oxidation sites excluding steroid dienone is 1. The lowest BCUT2D eigenvalue weighted by molar-refractivity contribution is -0.0413. The third-order valence-electron chi connectivity index (χ3n) is 2.01. The monoisotopic (exact) mass is 221 g/mol. The molecule has 2 rings (SSSR count). The van der Waals surface area contributed by atoms with Crippen LogP contribution in [0.3, 0.4) is 0 Å². The maximum absolute atomic E-state index is 8.38. The highest BCUT2D eigenvalue weighted by Crippen LogP contribution is 2.29. The van der Waals surface area contributed by atoms with Gasteiger partial charge in [-0.05, 0) is 17.0 Å². The fourth-order valence-electron chi connectivity index (χ4n) is 1.35. The van der Waals surface area contributed by atoms with Gasteiger partial charge >= 0.3 is 0 Å². The van der Waals surface area contributed by atoms with E-state index < -0.39 is 0 Å². The average molecular weight is 221 g/mol. The van der Waals surface area contributed by atoms with Crippen LogP contribution in [0.25, 0.3) is 6.08 Å². The zero-order chi connectivity index (χ0) is 10.5. The SMILES string of the molecule is N#CCC=Cc1csc(C2OCCO2)c1. The van der Waals surface area contributed by atoms with Gasteiger partial charge in [-0.25, -0.2) is 0 Å². The summed E-state index contributed by atoms with van der Waals surface area (Å²) in [7, 11) is 0. The lowest BCUT2D eigenvalue weighted by atomic mass is 10.2. The molecule has 4 heteroatoms. The Kier molecular flexibility index (Phi) is 3.51. The zero-order valence-electron chi connectivity index (χ0n) is 8.18. The second-order valence-electron chi connectivity index (χ2n) is 3.12. The van der Waals surface area contributed by atoms with E-state index in [9.17, 15) is 0 Å². The van der Waals surface area contributed by atoms with Gasteiger partial charge in [0.2, 0.25) is 0 Å². The van der Waals surface area contributed by atoms with Gasteiger partial charge in [-0.1, -0.05) is 12.2 Å². The minimum atomic E-state index is -0.187. The lowest BCUT2D eigenvalue weighted by Crippen LogP contribution is -1.93.